The van der Waals surface area contributed by atoms with E-state index < -0.39 is 0 Å². The van der Waals surface area contributed by atoms with E-state index in [1.54, 1.807) is 19.5 Å². The molecule has 2 heterocycles. The van der Waals surface area contributed by atoms with Gasteiger partial charge in [-0.1, -0.05) is 0 Å². The van der Waals surface area contributed by atoms with Crippen molar-refractivity contribution in [1.29, 1.82) is 0 Å². The van der Waals surface area contributed by atoms with Crippen LogP contribution in [0.5, 0.6) is 0 Å². The van der Waals surface area contributed by atoms with Crippen LogP contribution in [0, 0.1) is 0 Å². The van der Waals surface area contributed by atoms with E-state index in [1.807, 2.05) is 4.68 Å². The number of halogens is 1. The highest BCUT2D eigenvalue weighted by atomic mass is 79.9. The number of aromatic nitrogens is 4. The quantitative estimate of drug-likeness (QED) is 0.896. The molecule has 2 aromatic rings. The third kappa shape index (κ3) is 2.71. The summed E-state index contributed by atoms with van der Waals surface area (Å²) in [5.41, 5.74) is 7.78. The summed E-state index contributed by atoms with van der Waals surface area (Å²) >= 11 is 4.59. The van der Waals surface area contributed by atoms with Crippen LogP contribution in [0.4, 0.5) is 0 Å². The molecule has 0 radical (unpaired) electrons. The molecule has 0 saturated heterocycles. The van der Waals surface area contributed by atoms with Crippen molar-refractivity contribution >= 4 is 27.7 Å². The molecule has 0 bridgehead atoms. The minimum atomic E-state index is -0.331. The van der Waals surface area contributed by atoms with E-state index in [9.17, 15) is 0 Å². The highest BCUT2D eigenvalue weighted by Crippen LogP contribution is 2.25. The Morgan fingerprint density at radius 3 is 3.06 bits per heavy atom. The average Bonchev–Trinajstić information content (AvgIpc) is 2.95. The average molecular weight is 318 g/mol. The Kier molecular flexibility index (Phi) is 4.21. The van der Waals surface area contributed by atoms with Gasteiger partial charge in [-0.05, 0) is 15.9 Å². The fourth-order valence-corrected chi connectivity index (χ4v) is 2.49. The lowest BCUT2D eigenvalue weighted by atomic mass is 10.1. The minimum absolute atomic E-state index is 0.331. The fourth-order valence-electron chi connectivity index (χ4n) is 1.49. The van der Waals surface area contributed by atoms with E-state index in [-0.39, 0.29) is 6.04 Å². The first-order chi connectivity index (χ1) is 8.24. The van der Waals surface area contributed by atoms with E-state index in [0.717, 1.165) is 27.6 Å². The predicted octanol–water partition coefficient (Wildman–Crippen LogP) is 1.19. The second kappa shape index (κ2) is 5.67. The Balaban J connectivity index is 2.27. The summed E-state index contributed by atoms with van der Waals surface area (Å²) in [7, 11) is 1.66. The number of ether oxygens (including phenoxy) is 1. The largest absolute Gasteiger partial charge is 0.383 e. The summed E-state index contributed by atoms with van der Waals surface area (Å²) in [4.78, 5) is 0. The molecular formula is C9H12BrN5OS. The minimum Gasteiger partial charge on any atom is -0.383 e. The maximum atomic E-state index is 6.15. The van der Waals surface area contributed by atoms with Crippen molar-refractivity contribution in [2.45, 2.75) is 12.6 Å². The van der Waals surface area contributed by atoms with Crippen LogP contribution in [0.2, 0.25) is 0 Å². The molecule has 6 nitrogen and oxygen atoms in total. The molecule has 0 fully saturated rings. The van der Waals surface area contributed by atoms with Gasteiger partial charge >= 0.3 is 0 Å². The normalized spacial score (nSPS) is 12.9. The monoisotopic (exact) mass is 317 g/mol. The standard InChI is InChI=1S/C9H12BrN5OS/c1-16-3-2-15-9(6(10)4-12-15)8(11)7-5-13-17-14-7/h4-5,8H,2-3,11H2,1H3. The van der Waals surface area contributed by atoms with Crippen molar-refractivity contribution < 1.29 is 4.74 Å². The Morgan fingerprint density at radius 1 is 1.59 bits per heavy atom. The number of hydrogen-bond acceptors (Lipinski definition) is 6. The summed E-state index contributed by atoms with van der Waals surface area (Å²) in [5, 5.41) is 4.25. The fraction of sp³-hybridized carbons (Fsp3) is 0.444. The lowest BCUT2D eigenvalue weighted by molar-refractivity contribution is 0.182. The van der Waals surface area contributed by atoms with Gasteiger partial charge in [0, 0.05) is 7.11 Å². The van der Waals surface area contributed by atoms with Crippen molar-refractivity contribution in [1.82, 2.24) is 18.5 Å². The van der Waals surface area contributed by atoms with Gasteiger partial charge in [-0.2, -0.15) is 13.8 Å². The van der Waals surface area contributed by atoms with Crippen LogP contribution in [0.3, 0.4) is 0 Å². The number of methoxy groups -OCH3 is 1. The van der Waals surface area contributed by atoms with Crippen LogP contribution in [-0.4, -0.2) is 32.2 Å². The molecule has 17 heavy (non-hydrogen) atoms. The Morgan fingerprint density at radius 2 is 2.41 bits per heavy atom. The first-order valence-corrected chi connectivity index (χ1v) is 6.49. The first kappa shape index (κ1) is 12.6. The molecule has 92 valence electrons. The van der Waals surface area contributed by atoms with Gasteiger partial charge < -0.3 is 10.5 Å². The lowest BCUT2D eigenvalue weighted by Crippen LogP contribution is -2.19. The molecule has 2 rings (SSSR count). The molecular weight excluding hydrogens is 306 g/mol. The topological polar surface area (TPSA) is 78.9 Å². The molecule has 0 aliphatic heterocycles. The zero-order valence-electron chi connectivity index (χ0n) is 9.21. The molecule has 1 unspecified atom stereocenters. The Hall–Kier alpha value is -0.830. The SMILES string of the molecule is COCCn1ncc(Br)c1C(N)c1cnsn1. The van der Waals surface area contributed by atoms with Crippen LogP contribution in [0.25, 0.3) is 0 Å². The van der Waals surface area contributed by atoms with Crippen LogP contribution >= 0.6 is 27.7 Å². The number of rotatable bonds is 5. The second-order valence-electron chi connectivity index (χ2n) is 3.40. The Labute approximate surface area is 111 Å². The van der Waals surface area contributed by atoms with Gasteiger partial charge in [-0.3, -0.25) is 4.68 Å². The molecule has 0 spiro atoms. The first-order valence-electron chi connectivity index (χ1n) is 4.97. The van der Waals surface area contributed by atoms with E-state index in [4.69, 9.17) is 10.5 Å². The van der Waals surface area contributed by atoms with Gasteiger partial charge in [0.2, 0.25) is 0 Å². The summed E-state index contributed by atoms with van der Waals surface area (Å²) in [6.07, 6.45) is 3.40. The van der Waals surface area contributed by atoms with Gasteiger partial charge in [0.15, 0.2) is 0 Å². The zero-order chi connectivity index (χ0) is 12.3. The molecule has 1 atom stereocenters. The summed E-state index contributed by atoms with van der Waals surface area (Å²) in [5.74, 6) is 0. The van der Waals surface area contributed by atoms with Crippen molar-refractivity contribution in [2.24, 2.45) is 5.73 Å². The van der Waals surface area contributed by atoms with Gasteiger partial charge in [0.1, 0.15) is 0 Å². The van der Waals surface area contributed by atoms with Gasteiger partial charge in [-0.25, -0.2) is 0 Å². The highest BCUT2D eigenvalue weighted by Gasteiger charge is 2.20. The maximum absolute atomic E-state index is 6.15. The van der Waals surface area contributed by atoms with Gasteiger partial charge in [0.25, 0.3) is 0 Å². The molecule has 0 saturated carbocycles. The molecule has 8 heteroatoms. The number of nitrogens with zero attached hydrogens (tertiary/aromatic N) is 4. The third-order valence-electron chi connectivity index (χ3n) is 2.33. The lowest BCUT2D eigenvalue weighted by Gasteiger charge is -2.12. The van der Waals surface area contributed by atoms with Crippen molar-refractivity contribution in [3.8, 4) is 0 Å². The van der Waals surface area contributed by atoms with E-state index in [0.29, 0.717) is 13.2 Å². The second-order valence-corrected chi connectivity index (χ2v) is 4.81. The van der Waals surface area contributed by atoms with Crippen molar-refractivity contribution in [3.05, 3.63) is 28.3 Å². The van der Waals surface area contributed by atoms with Crippen LogP contribution in [0.1, 0.15) is 17.4 Å². The molecule has 2 N–H and O–H groups in total. The van der Waals surface area contributed by atoms with Crippen molar-refractivity contribution in [2.75, 3.05) is 13.7 Å². The third-order valence-corrected chi connectivity index (χ3v) is 3.44. The van der Waals surface area contributed by atoms with Crippen LogP contribution in [0.15, 0.2) is 16.9 Å². The predicted molar refractivity (Wildman–Crippen MR) is 67.7 cm³/mol. The van der Waals surface area contributed by atoms with E-state index in [1.165, 1.54) is 0 Å². The van der Waals surface area contributed by atoms with Crippen molar-refractivity contribution in [3.63, 3.8) is 0 Å². The highest BCUT2D eigenvalue weighted by molar-refractivity contribution is 9.10. The van der Waals surface area contributed by atoms with Gasteiger partial charge in [0.05, 0.1) is 59.2 Å². The van der Waals surface area contributed by atoms with Gasteiger partial charge in [-0.15, -0.1) is 0 Å². The molecule has 0 amide bonds. The van der Waals surface area contributed by atoms with E-state index in [2.05, 4.69) is 29.8 Å². The summed E-state index contributed by atoms with van der Waals surface area (Å²) in [6, 6.07) is -0.331. The van der Waals surface area contributed by atoms with E-state index >= 15 is 0 Å². The summed E-state index contributed by atoms with van der Waals surface area (Å²) in [6.45, 7) is 1.24. The maximum Gasteiger partial charge on any atom is 0.0971 e. The molecule has 2 aromatic heterocycles. The molecule has 0 aliphatic carbocycles. The Bertz CT molecular complexity index is 472. The molecule has 0 aliphatic rings. The number of nitrogens with two attached hydrogens (primary N) is 1. The summed E-state index contributed by atoms with van der Waals surface area (Å²) < 4.78 is 15.8. The zero-order valence-corrected chi connectivity index (χ0v) is 11.6. The van der Waals surface area contributed by atoms with Crippen LogP contribution < -0.4 is 5.73 Å². The number of hydrogen-bond donors (Lipinski definition) is 1. The smallest absolute Gasteiger partial charge is 0.0971 e. The molecule has 0 aromatic carbocycles. The van der Waals surface area contributed by atoms with Crippen LogP contribution in [-0.2, 0) is 11.3 Å².